The summed E-state index contributed by atoms with van der Waals surface area (Å²) >= 11 is 0. The first-order valence-corrected chi connectivity index (χ1v) is 10.7. The van der Waals surface area contributed by atoms with Crippen LogP contribution in [0.5, 0.6) is 11.5 Å². The quantitative estimate of drug-likeness (QED) is 0.661. The summed E-state index contributed by atoms with van der Waals surface area (Å²) in [7, 11) is 3.50. The van der Waals surface area contributed by atoms with E-state index in [2.05, 4.69) is 33.9 Å². The Bertz CT molecular complexity index is 1080. The predicted molar refractivity (Wildman–Crippen MR) is 121 cm³/mol. The summed E-state index contributed by atoms with van der Waals surface area (Å²) in [6.45, 7) is 6.53. The van der Waals surface area contributed by atoms with Crippen LogP contribution < -0.4 is 9.47 Å². The molecule has 1 unspecified atom stereocenters. The zero-order valence-electron chi connectivity index (χ0n) is 18.6. The van der Waals surface area contributed by atoms with Gasteiger partial charge in [0.2, 0.25) is 5.91 Å². The van der Waals surface area contributed by atoms with Gasteiger partial charge < -0.3 is 19.4 Å². The molecule has 4 rings (SSSR count). The monoisotopic (exact) mass is 422 g/mol. The number of rotatable bonds is 6. The summed E-state index contributed by atoms with van der Waals surface area (Å²) in [4.78, 5) is 24.8. The molecule has 3 aromatic rings. The van der Waals surface area contributed by atoms with Crippen LogP contribution in [0.15, 0.2) is 36.4 Å². The van der Waals surface area contributed by atoms with Crippen LogP contribution in [-0.4, -0.2) is 65.6 Å². The van der Waals surface area contributed by atoms with E-state index >= 15 is 0 Å². The van der Waals surface area contributed by atoms with Gasteiger partial charge in [-0.3, -0.25) is 9.69 Å². The molecule has 0 radical (unpaired) electrons. The van der Waals surface area contributed by atoms with Gasteiger partial charge in [-0.1, -0.05) is 17.7 Å². The van der Waals surface area contributed by atoms with Gasteiger partial charge in [0, 0.05) is 44.7 Å². The molecular weight excluding hydrogens is 392 g/mol. The van der Waals surface area contributed by atoms with E-state index in [4.69, 9.17) is 9.47 Å². The first-order valence-electron chi connectivity index (χ1n) is 10.7. The molecule has 1 atom stereocenters. The van der Waals surface area contributed by atoms with E-state index < -0.39 is 0 Å². The number of ether oxygens (including phenoxy) is 2. The van der Waals surface area contributed by atoms with E-state index in [0.717, 1.165) is 40.5 Å². The highest BCUT2D eigenvalue weighted by atomic mass is 16.5. The fourth-order valence-corrected chi connectivity index (χ4v) is 3.99. The van der Waals surface area contributed by atoms with Crippen molar-refractivity contribution in [1.29, 1.82) is 0 Å². The SMILES string of the molecule is COc1ccc2nc(CCN(C)C(=O)CN3Cc4cc(C)ccc4OC(C)C3)[nH]c2c1. The summed E-state index contributed by atoms with van der Waals surface area (Å²) in [6.07, 6.45) is 0.704. The van der Waals surface area contributed by atoms with Crippen LogP contribution in [0.2, 0.25) is 0 Å². The number of methoxy groups -OCH3 is 1. The number of aromatic amines is 1. The Balaban J connectivity index is 1.36. The van der Waals surface area contributed by atoms with Crippen molar-refractivity contribution in [3.63, 3.8) is 0 Å². The number of hydrogen-bond donors (Lipinski definition) is 1. The van der Waals surface area contributed by atoms with Gasteiger partial charge in [0.1, 0.15) is 23.4 Å². The Morgan fingerprint density at radius 1 is 1.32 bits per heavy atom. The fourth-order valence-electron chi connectivity index (χ4n) is 3.99. The van der Waals surface area contributed by atoms with E-state index in [1.165, 1.54) is 5.56 Å². The average Bonchev–Trinajstić information content (AvgIpc) is 3.08. The van der Waals surface area contributed by atoms with Crippen molar-refractivity contribution < 1.29 is 14.3 Å². The summed E-state index contributed by atoms with van der Waals surface area (Å²) in [5, 5.41) is 0. The third-order valence-corrected chi connectivity index (χ3v) is 5.66. The first-order chi connectivity index (χ1) is 14.9. The van der Waals surface area contributed by atoms with Gasteiger partial charge in [-0.2, -0.15) is 0 Å². The van der Waals surface area contributed by atoms with Crippen LogP contribution in [0.4, 0.5) is 0 Å². The van der Waals surface area contributed by atoms with Crippen LogP contribution in [0.1, 0.15) is 23.9 Å². The molecule has 2 heterocycles. The molecule has 1 aliphatic rings. The molecule has 2 aromatic carbocycles. The number of hydrogen-bond acceptors (Lipinski definition) is 5. The number of benzene rings is 2. The van der Waals surface area contributed by atoms with Crippen LogP contribution in [0.25, 0.3) is 11.0 Å². The maximum atomic E-state index is 12.9. The maximum Gasteiger partial charge on any atom is 0.236 e. The average molecular weight is 423 g/mol. The van der Waals surface area contributed by atoms with Crippen LogP contribution in [0.3, 0.4) is 0 Å². The summed E-state index contributed by atoms with van der Waals surface area (Å²) in [6, 6.07) is 12.0. The molecule has 1 aliphatic heterocycles. The fraction of sp³-hybridized carbons (Fsp3) is 0.417. The molecule has 1 amide bonds. The zero-order valence-corrected chi connectivity index (χ0v) is 18.6. The number of fused-ring (bicyclic) bond motifs is 2. The largest absolute Gasteiger partial charge is 0.497 e. The second kappa shape index (κ2) is 8.98. The minimum Gasteiger partial charge on any atom is -0.497 e. The van der Waals surface area contributed by atoms with Gasteiger partial charge in [-0.25, -0.2) is 4.98 Å². The van der Waals surface area contributed by atoms with E-state index in [-0.39, 0.29) is 12.0 Å². The molecule has 31 heavy (non-hydrogen) atoms. The summed E-state index contributed by atoms with van der Waals surface area (Å²) < 4.78 is 11.3. The third-order valence-electron chi connectivity index (χ3n) is 5.66. The summed E-state index contributed by atoms with van der Waals surface area (Å²) in [5.74, 6) is 2.68. The number of imidazole rings is 1. The normalized spacial score (nSPS) is 16.5. The minimum absolute atomic E-state index is 0.0367. The number of aromatic nitrogens is 2. The lowest BCUT2D eigenvalue weighted by molar-refractivity contribution is -0.131. The van der Waals surface area contributed by atoms with Gasteiger partial charge in [0.25, 0.3) is 0 Å². The smallest absolute Gasteiger partial charge is 0.236 e. The lowest BCUT2D eigenvalue weighted by atomic mass is 10.1. The summed E-state index contributed by atoms with van der Waals surface area (Å²) in [5.41, 5.74) is 4.18. The van der Waals surface area contributed by atoms with Gasteiger partial charge >= 0.3 is 0 Å². The van der Waals surface area contributed by atoms with Crippen molar-refractivity contribution in [1.82, 2.24) is 19.8 Å². The Labute approximate surface area is 183 Å². The third kappa shape index (κ3) is 4.99. The van der Waals surface area contributed by atoms with Crippen molar-refractivity contribution in [2.24, 2.45) is 0 Å². The maximum absolute atomic E-state index is 12.9. The molecule has 0 spiro atoms. The number of nitrogens with one attached hydrogen (secondary N) is 1. The molecule has 164 valence electrons. The van der Waals surface area contributed by atoms with Gasteiger partial charge in [0.05, 0.1) is 24.7 Å². The lowest BCUT2D eigenvalue weighted by Crippen LogP contribution is -2.41. The van der Waals surface area contributed by atoms with Crippen molar-refractivity contribution in [2.75, 3.05) is 33.8 Å². The van der Waals surface area contributed by atoms with Crippen molar-refractivity contribution >= 4 is 16.9 Å². The van der Waals surface area contributed by atoms with Crippen LogP contribution in [0, 0.1) is 6.92 Å². The van der Waals surface area contributed by atoms with Crippen LogP contribution >= 0.6 is 0 Å². The molecule has 0 saturated heterocycles. The number of nitrogens with zero attached hydrogens (tertiary/aromatic N) is 3. The Morgan fingerprint density at radius 2 is 2.16 bits per heavy atom. The van der Waals surface area contributed by atoms with Crippen molar-refractivity contribution in [3.8, 4) is 11.5 Å². The Hall–Kier alpha value is -3.06. The molecule has 1 N–H and O–H groups in total. The molecular formula is C24H30N4O3. The number of amides is 1. The number of likely N-dealkylation sites (N-methyl/N-ethyl adjacent to an activating group) is 1. The first kappa shape index (κ1) is 21.2. The minimum atomic E-state index is 0.0367. The molecule has 0 fully saturated rings. The highest BCUT2D eigenvalue weighted by molar-refractivity contribution is 5.78. The molecule has 7 nitrogen and oxygen atoms in total. The van der Waals surface area contributed by atoms with E-state index in [1.807, 2.05) is 38.2 Å². The van der Waals surface area contributed by atoms with Crippen molar-refractivity contribution in [3.05, 3.63) is 53.3 Å². The highest BCUT2D eigenvalue weighted by Gasteiger charge is 2.23. The Kier molecular flexibility index (Phi) is 6.13. The van der Waals surface area contributed by atoms with E-state index in [1.54, 1.807) is 12.0 Å². The second-order valence-electron chi connectivity index (χ2n) is 8.34. The number of aryl methyl sites for hydroxylation is 1. The number of carbonyl (C=O) groups is 1. The van der Waals surface area contributed by atoms with Crippen molar-refractivity contribution in [2.45, 2.75) is 32.9 Å². The molecule has 0 saturated carbocycles. The van der Waals surface area contributed by atoms with E-state index in [9.17, 15) is 4.79 Å². The second-order valence-corrected chi connectivity index (χ2v) is 8.34. The standard InChI is InChI=1S/C24H30N4O3/c1-16-5-8-22-18(11-16)14-28(13-17(2)31-22)15-24(29)27(3)10-9-23-25-20-7-6-19(30-4)12-21(20)26-23/h5-8,11-12,17H,9-10,13-15H2,1-4H3,(H,25,26). The molecule has 0 aliphatic carbocycles. The zero-order chi connectivity index (χ0) is 22.0. The lowest BCUT2D eigenvalue weighted by Gasteiger charge is -2.24. The van der Waals surface area contributed by atoms with E-state index in [0.29, 0.717) is 26.1 Å². The Morgan fingerprint density at radius 3 is 2.97 bits per heavy atom. The number of carbonyl (C=O) groups excluding carboxylic acids is 1. The van der Waals surface area contributed by atoms with Gasteiger partial charge in [-0.05, 0) is 32.0 Å². The van der Waals surface area contributed by atoms with Gasteiger partial charge in [0.15, 0.2) is 0 Å². The topological polar surface area (TPSA) is 70.7 Å². The number of H-pyrrole nitrogens is 1. The molecule has 1 aromatic heterocycles. The molecule has 7 heteroatoms. The predicted octanol–water partition coefficient (Wildman–Crippen LogP) is 3.16. The molecule has 0 bridgehead atoms. The van der Waals surface area contributed by atoms with Gasteiger partial charge in [-0.15, -0.1) is 0 Å². The van der Waals surface area contributed by atoms with Crippen LogP contribution in [-0.2, 0) is 17.8 Å². The highest BCUT2D eigenvalue weighted by Crippen LogP contribution is 2.26.